The van der Waals surface area contributed by atoms with Crippen molar-refractivity contribution >= 4 is 7.82 Å². The normalized spacial score (nSPS) is 6.56. The van der Waals surface area contributed by atoms with E-state index < -0.39 is 7.82 Å². The van der Waals surface area contributed by atoms with E-state index in [1.165, 1.54) is 0 Å². The molecule has 0 rings (SSSR count). The van der Waals surface area contributed by atoms with Crippen molar-refractivity contribution in [2.75, 3.05) is 0 Å². The van der Waals surface area contributed by atoms with E-state index in [0.717, 1.165) is 0 Å². The molecule has 3 N–H and O–H groups in total. The van der Waals surface area contributed by atoms with Gasteiger partial charge in [0.15, 0.2) is 0 Å². The Morgan fingerprint density at radius 3 is 1.00 bits per heavy atom. The summed E-state index contributed by atoms with van der Waals surface area (Å²) in [5.74, 6) is 0. The average Bonchev–Trinajstić information content (AvgIpc) is 0.722. The van der Waals surface area contributed by atoms with Crippen molar-refractivity contribution in [2.45, 2.75) is 0 Å². The van der Waals surface area contributed by atoms with Crippen LogP contribution in [0.4, 0.5) is 0 Å². The maximum Gasteiger partial charge on any atom is 1.00 e. The minimum atomic E-state index is -4.64. The standard InChI is InChI=1S/2Fe.2Li.H3O4P.2H/c;;;;1-5(2,3)4;;/h;;;;(H3,1,2,3,4);;/q;;2*+1;;2*-1. The van der Waals surface area contributed by atoms with Crippen LogP contribution in [0.5, 0.6) is 0 Å². The van der Waals surface area contributed by atoms with E-state index >= 15 is 0 Å². The molecular weight excluding hydrogens is 221 g/mol. The van der Waals surface area contributed by atoms with Gasteiger partial charge in [-0.25, -0.2) is 4.57 Å². The fraction of sp³-hybridized carbons (Fsp3) is 0. The molecule has 52 valence electrons. The topological polar surface area (TPSA) is 77.8 Å². The Labute approximate surface area is 101 Å². The predicted molar refractivity (Wildman–Crippen MR) is 16.5 cm³/mol. The van der Waals surface area contributed by atoms with Crippen LogP contribution in [0.3, 0.4) is 0 Å². The van der Waals surface area contributed by atoms with Gasteiger partial charge in [-0.15, -0.1) is 0 Å². The number of phosphoric acid groups is 1. The van der Waals surface area contributed by atoms with Crippen LogP contribution in [0, 0.1) is 0 Å². The maximum absolute atomic E-state index is 8.88. The maximum atomic E-state index is 8.88. The van der Waals surface area contributed by atoms with Crippen molar-refractivity contribution in [2.24, 2.45) is 0 Å². The van der Waals surface area contributed by atoms with Gasteiger partial charge in [-0.3, -0.25) is 0 Å². The van der Waals surface area contributed by atoms with Gasteiger partial charge in [-0.05, 0) is 0 Å². The second-order valence-electron chi connectivity index (χ2n) is 0.513. The van der Waals surface area contributed by atoms with Crippen LogP contribution in [0.25, 0.3) is 0 Å². The number of hydrogen-bond donors (Lipinski definition) is 3. The van der Waals surface area contributed by atoms with Gasteiger partial charge in [0.2, 0.25) is 0 Å². The number of hydrogen-bond acceptors (Lipinski definition) is 1. The Bertz CT molecular complexity index is 70.2. The minimum Gasteiger partial charge on any atom is -1.00 e. The molecule has 0 unspecified atom stereocenters. The summed E-state index contributed by atoms with van der Waals surface area (Å²) in [5, 5.41) is 0. The molecule has 0 aromatic heterocycles. The Balaban J connectivity index is -0.00000000533. The summed E-state index contributed by atoms with van der Waals surface area (Å²) in [5.41, 5.74) is 0. The van der Waals surface area contributed by atoms with E-state index in [0.29, 0.717) is 0 Å². The zero-order chi connectivity index (χ0) is 4.50. The van der Waals surface area contributed by atoms with E-state index in [9.17, 15) is 0 Å². The van der Waals surface area contributed by atoms with Crippen LogP contribution < -0.4 is 37.7 Å². The summed E-state index contributed by atoms with van der Waals surface area (Å²) in [4.78, 5) is 21.6. The monoisotopic (exact) mass is 226 g/mol. The van der Waals surface area contributed by atoms with Crippen molar-refractivity contribution in [1.82, 2.24) is 0 Å². The zero-order valence-corrected chi connectivity index (χ0v) is 8.01. The molecule has 0 aromatic carbocycles. The molecule has 0 radical (unpaired) electrons. The SMILES string of the molecule is O=P(O)(O)O.[Fe].[Fe].[H-].[H-].[Li+].[Li+]. The first-order valence-electron chi connectivity index (χ1n) is 0.783. The molecule has 4 nitrogen and oxygen atoms in total. The Morgan fingerprint density at radius 1 is 1.00 bits per heavy atom. The van der Waals surface area contributed by atoms with E-state index in [1.807, 2.05) is 0 Å². The molecule has 0 saturated heterocycles. The van der Waals surface area contributed by atoms with Gasteiger partial charge in [0.1, 0.15) is 0 Å². The second kappa shape index (κ2) is 13.0. The fourth-order valence-electron chi connectivity index (χ4n) is 0. The van der Waals surface area contributed by atoms with Gasteiger partial charge in [0.05, 0.1) is 0 Å². The first-order valence-corrected chi connectivity index (χ1v) is 2.35. The van der Waals surface area contributed by atoms with Gasteiger partial charge in [0.25, 0.3) is 0 Å². The quantitative estimate of drug-likeness (QED) is 0.283. The van der Waals surface area contributed by atoms with E-state index in [1.54, 1.807) is 0 Å². The molecule has 9 heteroatoms. The third-order valence-electron chi connectivity index (χ3n) is 0. The third-order valence-corrected chi connectivity index (χ3v) is 0. The summed E-state index contributed by atoms with van der Waals surface area (Å²) in [6.45, 7) is 0. The molecule has 0 aliphatic carbocycles. The largest absolute Gasteiger partial charge is 1.00 e. The van der Waals surface area contributed by atoms with E-state index in [4.69, 9.17) is 19.2 Å². The van der Waals surface area contributed by atoms with Gasteiger partial charge in [-0.1, -0.05) is 0 Å². The van der Waals surface area contributed by atoms with Crippen LogP contribution in [0.2, 0.25) is 0 Å². The van der Waals surface area contributed by atoms with Gasteiger partial charge in [-0.2, -0.15) is 0 Å². The summed E-state index contributed by atoms with van der Waals surface area (Å²) in [6, 6.07) is 0. The summed E-state index contributed by atoms with van der Waals surface area (Å²) in [6.07, 6.45) is 0. The summed E-state index contributed by atoms with van der Waals surface area (Å²) >= 11 is 0. The molecule has 0 atom stereocenters. The van der Waals surface area contributed by atoms with E-state index in [-0.39, 0.29) is 74.7 Å². The molecule has 0 amide bonds. The average molecular weight is 226 g/mol. The molecule has 9 heavy (non-hydrogen) atoms. The molecule has 0 saturated carbocycles. The van der Waals surface area contributed by atoms with Gasteiger partial charge < -0.3 is 17.5 Å². The molecule has 0 spiro atoms. The molecule has 0 aliphatic rings. The molecule has 0 heterocycles. The minimum absolute atomic E-state index is 0. The van der Waals surface area contributed by atoms with Crippen LogP contribution in [0.15, 0.2) is 0 Å². The molecule has 0 aliphatic heterocycles. The Morgan fingerprint density at radius 2 is 1.00 bits per heavy atom. The smallest absolute Gasteiger partial charge is 1.00 e. The molecular formula is H5Fe2Li2O4P. The fourth-order valence-corrected chi connectivity index (χ4v) is 0. The van der Waals surface area contributed by atoms with Crippen molar-refractivity contribution in [3.05, 3.63) is 0 Å². The van der Waals surface area contributed by atoms with Crippen LogP contribution in [0.1, 0.15) is 2.85 Å². The molecule has 0 fully saturated rings. The van der Waals surface area contributed by atoms with Crippen molar-refractivity contribution in [3.8, 4) is 0 Å². The number of rotatable bonds is 0. The van der Waals surface area contributed by atoms with Crippen molar-refractivity contribution < 1.29 is 94.0 Å². The van der Waals surface area contributed by atoms with E-state index in [2.05, 4.69) is 0 Å². The second-order valence-corrected chi connectivity index (χ2v) is 1.54. The first-order chi connectivity index (χ1) is 2.00. The van der Waals surface area contributed by atoms with Crippen molar-refractivity contribution in [1.29, 1.82) is 0 Å². The predicted octanol–water partition coefficient (Wildman–Crippen LogP) is -6.70. The molecule has 0 bridgehead atoms. The summed E-state index contributed by atoms with van der Waals surface area (Å²) in [7, 11) is -4.64. The third kappa shape index (κ3) is 131. The van der Waals surface area contributed by atoms with Crippen LogP contribution >= 0.6 is 7.82 Å². The summed E-state index contributed by atoms with van der Waals surface area (Å²) < 4.78 is 8.88. The van der Waals surface area contributed by atoms with Crippen LogP contribution in [-0.2, 0) is 38.7 Å². The zero-order valence-electron chi connectivity index (χ0n) is 6.90. The van der Waals surface area contributed by atoms with Crippen molar-refractivity contribution in [3.63, 3.8) is 0 Å². The van der Waals surface area contributed by atoms with Crippen LogP contribution in [-0.4, -0.2) is 14.7 Å². The van der Waals surface area contributed by atoms with Gasteiger partial charge in [0, 0.05) is 34.1 Å². The molecule has 0 aromatic rings. The first kappa shape index (κ1) is 30.2. The Hall–Kier alpha value is 2.34. The van der Waals surface area contributed by atoms with Gasteiger partial charge >= 0.3 is 45.5 Å². The Kier molecular flexibility index (Phi) is 43.5.